The van der Waals surface area contributed by atoms with Crippen LogP contribution in [0.3, 0.4) is 0 Å². The molecule has 0 aromatic heterocycles. The minimum atomic E-state index is -2.30. The lowest BCUT2D eigenvalue weighted by Crippen LogP contribution is -2.60. The number of ether oxygens (including phenoxy) is 1. The van der Waals surface area contributed by atoms with Crippen molar-refractivity contribution < 1.29 is 32.8 Å². The van der Waals surface area contributed by atoms with Crippen LogP contribution in [0.2, 0.25) is 36.3 Å². The van der Waals surface area contributed by atoms with Crippen LogP contribution in [0.25, 0.3) is 0 Å². The molecule has 1 rings (SSSR count). The molecule has 0 aromatic rings. The Kier molecular flexibility index (Phi) is 14.6. The van der Waals surface area contributed by atoms with E-state index in [0.29, 0.717) is 6.42 Å². The van der Waals surface area contributed by atoms with E-state index in [1.807, 2.05) is 41.5 Å². The molecule has 5 atom stereocenters. The molecule has 0 unspecified atom stereocenters. The van der Waals surface area contributed by atoms with Gasteiger partial charge >= 0.3 is 5.97 Å². The predicted octanol–water partition coefficient (Wildman–Crippen LogP) is 6.16. The summed E-state index contributed by atoms with van der Waals surface area (Å²) in [7, 11) is 0.108. The molecule has 3 amide bonds. The molecular formula is C35H69N3O7Si2. The number of rotatable bonds is 13. The maximum Gasteiger partial charge on any atom is 0.328 e. The Morgan fingerprint density at radius 3 is 1.55 bits per heavy atom. The van der Waals surface area contributed by atoms with Gasteiger partial charge in [-0.1, -0.05) is 83.1 Å². The lowest BCUT2D eigenvalue weighted by Gasteiger charge is -2.43. The average Bonchev–Trinajstić information content (AvgIpc) is 3.32. The van der Waals surface area contributed by atoms with Gasteiger partial charge in [-0.05, 0) is 54.0 Å². The highest BCUT2D eigenvalue weighted by atomic mass is 28.4. The standard InChI is InChI=1S/C35H69N3O7Si2/c1-22(2)27(37(14)32(41)29(24(5)6)45-47(18,19)35(10,11)12)30(39)36(13)28(23(3)4)31(40)38-21-25(20-26(38)33(42)43-15)44-46(16,17)34(7,8)9/h22-29H,20-21H2,1-19H3/t25-,26-,27-,28-,29+/m0/s1. The number of esters is 1. The van der Waals surface area contributed by atoms with Gasteiger partial charge in [-0.15, -0.1) is 0 Å². The highest BCUT2D eigenvalue weighted by molar-refractivity contribution is 6.74. The summed E-state index contributed by atoms with van der Waals surface area (Å²) in [6.45, 7) is 33.2. The number of likely N-dealkylation sites (tertiary alicyclic amines) is 1. The number of hydrogen-bond acceptors (Lipinski definition) is 7. The first-order chi connectivity index (χ1) is 21.0. The van der Waals surface area contributed by atoms with Gasteiger partial charge in [0.2, 0.25) is 11.8 Å². The fourth-order valence-corrected chi connectivity index (χ4v) is 8.41. The van der Waals surface area contributed by atoms with Crippen molar-refractivity contribution in [2.45, 2.75) is 156 Å². The molecule has 1 aliphatic heterocycles. The molecular weight excluding hydrogens is 631 g/mol. The monoisotopic (exact) mass is 699 g/mol. The van der Waals surface area contributed by atoms with E-state index in [4.69, 9.17) is 13.6 Å². The van der Waals surface area contributed by atoms with Crippen LogP contribution in [0.15, 0.2) is 0 Å². The van der Waals surface area contributed by atoms with Crippen LogP contribution in [0.5, 0.6) is 0 Å². The zero-order valence-corrected chi connectivity index (χ0v) is 35.2. The molecule has 1 fully saturated rings. The summed E-state index contributed by atoms with van der Waals surface area (Å²) in [5.41, 5.74) is 0. The Balaban J connectivity index is 3.45. The van der Waals surface area contributed by atoms with Crippen LogP contribution in [0, 0.1) is 17.8 Å². The minimum absolute atomic E-state index is 0.0437. The SMILES string of the molecule is COC(=O)[C@@H]1C[C@H](O[Si](C)(C)C(C)(C)C)CN1C(=O)[C@H](C(C)C)N(C)C(=O)[C@H](C(C)C)N(C)C(=O)[C@H](O[Si](C)(C)C(C)(C)C)C(C)C. The van der Waals surface area contributed by atoms with Crippen LogP contribution >= 0.6 is 0 Å². The third kappa shape index (κ3) is 10.1. The summed E-state index contributed by atoms with van der Waals surface area (Å²) < 4.78 is 18.4. The van der Waals surface area contributed by atoms with Crippen LogP contribution in [-0.4, -0.2) is 113 Å². The number of hydrogen-bond donors (Lipinski definition) is 0. The van der Waals surface area contributed by atoms with Gasteiger partial charge in [0.05, 0.1) is 13.2 Å². The lowest BCUT2D eigenvalue weighted by molar-refractivity contribution is -0.158. The Morgan fingerprint density at radius 1 is 0.723 bits per heavy atom. The topological polar surface area (TPSA) is 106 Å². The summed E-state index contributed by atoms with van der Waals surface area (Å²) in [4.78, 5) is 60.4. The Morgan fingerprint density at radius 2 is 1.17 bits per heavy atom. The first kappa shape index (κ1) is 43.3. The maximum atomic E-state index is 14.4. The van der Waals surface area contributed by atoms with Crippen molar-refractivity contribution in [1.29, 1.82) is 0 Å². The molecule has 10 nitrogen and oxygen atoms in total. The summed E-state index contributed by atoms with van der Waals surface area (Å²) in [6, 6.07) is -2.50. The first-order valence-electron chi connectivity index (χ1n) is 17.3. The van der Waals surface area contributed by atoms with Crippen molar-refractivity contribution in [3.63, 3.8) is 0 Å². The van der Waals surface area contributed by atoms with Crippen molar-refractivity contribution in [3.8, 4) is 0 Å². The first-order valence-corrected chi connectivity index (χ1v) is 23.1. The smallest absolute Gasteiger partial charge is 0.328 e. The fourth-order valence-electron chi connectivity index (χ4n) is 5.69. The molecule has 1 saturated heterocycles. The number of methoxy groups -OCH3 is 1. The highest BCUT2D eigenvalue weighted by Gasteiger charge is 2.49. The van der Waals surface area contributed by atoms with E-state index in [2.05, 4.69) is 67.7 Å². The number of nitrogens with zero attached hydrogens (tertiary/aromatic N) is 3. The minimum Gasteiger partial charge on any atom is -0.467 e. The van der Waals surface area contributed by atoms with Gasteiger partial charge in [-0.2, -0.15) is 0 Å². The molecule has 0 saturated carbocycles. The molecule has 1 heterocycles. The van der Waals surface area contributed by atoms with Gasteiger partial charge in [0.15, 0.2) is 16.6 Å². The normalized spacial score (nSPS) is 20.0. The third-order valence-corrected chi connectivity index (χ3v) is 19.7. The molecule has 0 N–H and O–H groups in total. The van der Waals surface area contributed by atoms with Gasteiger partial charge in [0.1, 0.15) is 24.2 Å². The Bertz CT molecular complexity index is 1110. The lowest BCUT2D eigenvalue weighted by atomic mass is 9.95. The molecule has 0 bridgehead atoms. The van der Waals surface area contributed by atoms with E-state index >= 15 is 0 Å². The van der Waals surface area contributed by atoms with E-state index in [1.165, 1.54) is 16.9 Å². The second kappa shape index (κ2) is 15.8. The molecule has 274 valence electrons. The van der Waals surface area contributed by atoms with E-state index in [9.17, 15) is 19.2 Å². The van der Waals surface area contributed by atoms with Crippen molar-refractivity contribution in [2.75, 3.05) is 27.7 Å². The highest BCUT2D eigenvalue weighted by Crippen LogP contribution is 2.40. The molecule has 1 aliphatic rings. The Labute approximate surface area is 288 Å². The molecule has 0 spiro atoms. The number of likely N-dealkylation sites (N-methyl/N-ethyl adjacent to an activating group) is 2. The summed E-state index contributed by atoms with van der Waals surface area (Å²) in [5.74, 6) is -2.01. The summed E-state index contributed by atoms with van der Waals surface area (Å²) in [5, 5.41) is -0.137. The van der Waals surface area contributed by atoms with E-state index in [0.717, 1.165) is 0 Å². The third-order valence-electron chi connectivity index (χ3n) is 10.7. The van der Waals surface area contributed by atoms with Gasteiger partial charge in [0, 0.05) is 27.1 Å². The van der Waals surface area contributed by atoms with Gasteiger partial charge < -0.3 is 28.3 Å². The number of carbonyl (C=O) groups excluding carboxylic acids is 4. The van der Waals surface area contributed by atoms with Crippen molar-refractivity contribution in [1.82, 2.24) is 14.7 Å². The van der Waals surface area contributed by atoms with Crippen molar-refractivity contribution in [3.05, 3.63) is 0 Å². The fraction of sp³-hybridized carbons (Fsp3) is 0.886. The van der Waals surface area contributed by atoms with Crippen LogP contribution < -0.4 is 0 Å². The zero-order chi connectivity index (χ0) is 37.2. The van der Waals surface area contributed by atoms with Gasteiger partial charge in [-0.25, -0.2) is 4.79 Å². The van der Waals surface area contributed by atoms with Crippen LogP contribution in [0.4, 0.5) is 0 Å². The summed E-state index contributed by atoms with van der Waals surface area (Å²) >= 11 is 0. The quantitative estimate of drug-likeness (QED) is 0.167. The molecule has 0 aliphatic carbocycles. The second-order valence-electron chi connectivity index (χ2n) is 17.6. The van der Waals surface area contributed by atoms with E-state index < -0.39 is 46.8 Å². The second-order valence-corrected chi connectivity index (χ2v) is 27.1. The molecule has 0 radical (unpaired) electrons. The van der Waals surface area contributed by atoms with Crippen LogP contribution in [-0.2, 0) is 32.8 Å². The van der Waals surface area contributed by atoms with Crippen LogP contribution in [0.1, 0.15) is 89.5 Å². The predicted molar refractivity (Wildman–Crippen MR) is 194 cm³/mol. The zero-order valence-electron chi connectivity index (χ0n) is 33.2. The van der Waals surface area contributed by atoms with Gasteiger partial charge in [-0.3, -0.25) is 14.4 Å². The van der Waals surface area contributed by atoms with E-state index in [1.54, 1.807) is 19.0 Å². The number of carbonyl (C=O) groups is 4. The van der Waals surface area contributed by atoms with Gasteiger partial charge in [0.25, 0.3) is 5.91 Å². The number of amides is 3. The molecule has 0 aromatic carbocycles. The summed E-state index contributed by atoms with van der Waals surface area (Å²) in [6.07, 6.45) is -0.686. The average molecular weight is 700 g/mol. The maximum absolute atomic E-state index is 14.4. The largest absolute Gasteiger partial charge is 0.467 e. The molecule has 12 heteroatoms. The van der Waals surface area contributed by atoms with E-state index in [-0.39, 0.29) is 58.2 Å². The van der Waals surface area contributed by atoms with Crippen molar-refractivity contribution >= 4 is 40.3 Å². The Hall–Kier alpha value is -1.77. The van der Waals surface area contributed by atoms with Crippen molar-refractivity contribution in [2.24, 2.45) is 17.8 Å². The molecule has 47 heavy (non-hydrogen) atoms.